The molecule has 0 aromatic heterocycles. The summed E-state index contributed by atoms with van der Waals surface area (Å²) in [6.07, 6.45) is 5.62. The normalized spacial score (nSPS) is 10.0. The Morgan fingerprint density at radius 1 is 1.24 bits per heavy atom. The molecule has 0 N–H and O–H groups in total. The summed E-state index contributed by atoms with van der Waals surface area (Å²) in [5.74, 6) is -0.504. The lowest BCUT2D eigenvalue weighted by Crippen LogP contribution is -2.20. The zero-order valence-corrected chi connectivity index (χ0v) is 12.1. The summed E-state index contributed by atoms with van der Waals surface area (Å²) in [5.41, 5.74) is 0.333. The van der Waals surface area contributed by atoms with Gasteiger partial charge in [-0.05, 0) is 19.4 Å². The fourth-order valence-corrected chi connectivity index (χ4v) is 1.35. The Kier molecular flexibility index (Phi) is 6.85. The van der Waals surface area contributed by atoms with Gasteiger partial charge in [0.25, 0.3) is 0 Å². The van der Waals surface area contributed by atoms with Gasteiger partial charge in [-0.2, -0.15) is 4.89 Å². The first-order valence-corrected chi connectivity index (χ1v) is 6.37. The Morgan fingerprint density at radius 2 is 1.95 bits per heavy atom. The molecule has 0 radical (unpaired) electrons. The predicted octanol–water partition coefficient (Wildman–Crippen LogP) is 2.53. The van der Waals surface area contributed by atoms with Gasteiger partial charge in [0.1, 0.15) is 18.8 Å². The molecular formula is C16H18O5. The van der Waals surface area contributed by atoms with Crippen LogP contribution in [0.1, 0.15) is 19.4 Å². The van der Waals surface area contributed by atoms with Gasteiger partial charge in [-0.1, -0.05) is 36.9 Å². The number of esters is 1. The third kappa shape index (κ3) is 6.50. The minimum Gasteiger partial charge on any atom is -0.459 e. The first kappa shape index (κ1) is 16.6. The van der Waals surface area contributed by atoms with Crippen LogP contribution in [-0.2, 0) is 29.6 Å². The number of hydrogen-bond donors (Lipinski definition) is 0. The number of hydrogen-bond acceptors (Lipinski definition) is 5. The quantitative estimate of drug-likeness (QED) is 0.193. The third-order valence-corrected chi connectivity index (χ3v) is 2.47. The van der Waals surface area contributed by atoms with E-state index in [2.05, 4.69) is 23.5 Å². The average Bonchev–Trinajstić information content (AvgIpc) is 2.50. The van der Waals surface area contributed by atoms with Crippen LogP contribution in [0.15, 0.2) is 43.0 Å². The Balaban J connectivity index is 2.23. The molecule has 0 fully saturated rings. The fraction of sp³-hybridized carbons (Fsp3) is 0.312. The molecule has 0 heterocycles. The molecule has 0 aliphatic heterocycles. The molecule has 0 spiro atoms. The van der Waals surface area contributed by atoms with Crippen molar-refractivity contribution >= 4 is 5.97 Å². The van der Waals surface area contributed by atoms with Crippen LogP contribution in [0.4, 0.5) is 0 Å². The lowest BCUT2D eigenvalue weighted by Gasteiger charge is -2.21. The smallest absolute Gasteiger partial charge is 0.330 e. The summed E-state index contributed by atoms with van der Waals surface area (Å²) in [6.45, 7) is 7.22. The highest BCUT2D eigenvalue weighted by Crippen LogP contribution is 2.24. The van der Waals surface area contributed by atoms with Crippen LogP contribution in [0.25, 0.3) is 0 Å². The van der Waals surface area contributed by atoms with Crippen molar-refractivity contribution in [2.45, 2.75) is 19.4 Å². The van der Waals surface area contributed by atoms with Gasteiger partial charge < -0.3 is 9.47 Å². The molecule has 1 rings (SSSR count). The molecule has 112 valence electrons. The van der Waals surface area contributed by atoms with Crippen molar-refractivity contribution in [3.05, 3.63) is 48.6 Å². The van der Waals surface area contributed by atoms with Crippen LogP contribution < -0.4 is 0 Å². The summed E-state index contributed by atoms with van der Waals surface area (Å²) in [4.78, 5) is 20.7. The molecule has 0 saturated heterocycles. The zero-order chi connectivity index (χ0) is 15.6. The van der Waals surface area contributed by atoms with E-state index in [0.29, 0.717) is 0 Å². The summed E-state index contributed by atoms with van der Waals surface area (Å²) in [6, 6.07) is 9.62. The maximum Gasteiger partial charge on any atom is 0.330 e. The second kappa shape index (κ2) is 8.67. The maximum absolute atomic E-state index is 10.7. The maximum atomic E-state index is 10.7. The van der Waals surface area contributed by atoms with Crippen LogP contribution in [0.2, 0.25) is 0 Å². The molecule has 0 bridgehead atoms. The van der Waals surface area contributed by atoms with E-state index in [9.17, 15) is 4.79 Å². The topological polar surface area (TPSA) is 54.0 Å². The molecule has 1 aromatic rings. The van der Waals surface area contributed by atoms with E-state index in [4.69, 9.17) is 14.5 Å². The van der Waals surface area contributed by atoms with Gasteiger partial charge in [-0.15, -0.1) is 0 Å². The second-order valence-corrected chi connectivity index (χ2v) is 4.47. The third-order valence-electron chi connectivity index (χ3n) is 2.47. The van der Waals surface area contributed by atoms with Crippen LogP contribution in [0.3, 0.4) is 0 Å². The van der Waals surface area contributed by atoms with Gasteiger partial charge in [0, 0.05) is 6.08 Å². The number of benzene rings is 1. The van der Waals surface area contributed by atoms with Gasteiger partial charge in [-0.3, -0.25) is 4.89 Å². The first-order valence-electron chi connectivity index (χ1n) is 6.37. The largest absolute Gasteiger partial charge is 0.459 e. The lowest BCUT2D eigenvalue weighted by atomic mass is 9.99. The van der Waals surface area contributed by atoms with Crippen molar-refractivity contribution < 1.29 is 24.0 Å². The predicted molar refractivity (Wildman–Crippen MR) is 76.5 cm³/mol. The van der Waals surface area contributed by atoms with Crippen LogP contribution in [0, 0.1) is 12.2 Å². The molecule has 21 heavy (non-hydrogen) atoms. The number of ether oxygens (including phenoxy) is 2. The van der Waals surface area contributed by atoms with Crippen molar-refractivity contribution in [3.63, 3.8) is 0 Å². The Hall–Kier alpha value is -2.45. The van der Waals surface area contributed by atoms with Crippen LogP contribution in [-0.4, -0.2) is 19.2 Å². The molecule has 1 aromatic carbocycles. The Morgan fingerprint density at radius 3 is 2.62 bits per heavy atom. The first-order chi connectivity index (χ1) is 10.1. The molecule has 0 unspecified atom stereocenters. The number of carbonyl (C=O) groups is 1. The van der Waals surface area contributed by atoms with Crippen molar-refractivity contribution in [1.82, 2.24) is 0 Å². The molecule has 5 nitrogen and oxygen atoms in total. The second-order valence-electron chi connectivity index (χ2n) is 4.47. The molecule has 0 aliphatic rings. The van der Waals surface area contributed by atoms with Crippen molar-refractivity contribution in [2.75, 3.05) is 13.2 Å². The van der Waals surface area contributed by atoms with Crippen molar-refractivity contribution in [3.8, 4) is 12.2 Å². The van der Waals surface area contributed by atoms with Gasteiger partial charge >= 0.3 is 5.97 Å². The zero-order valence-electron chi connectivity index (χ0n) is 12.1. The van der Waals surface area contributed by atoms with Gasteiger partial charge in [-0.25, -0.2) is 4.79 Å². The van der Waals surface area contributed by atoms with E-state index < -0.39 is 11.6 Å². The van der Waals surface area contributed by atoms with Crippen molar-refractivity contribution in [1.29, 1.82) is 0 Å². The minimum atomic E-state index is -0.630. The molecular weight excluding hydrogens is 272 g/mol. The van der Waals surface area contributed by atoms with E-state index >= 15 is 0 Å². The average molecular weight is 290 g/mol. The Bertz CT molecular complexity index is 510. The fourth-order valence-electron chi connectivity index (χ4n) is 1.35. The highest BCUT2D eigenvalue weighted by molar-refractivity contribution is 5.81. The molecule has 0 aliphatic carbocycles. The summed E-state index contributed by atoms with van der Waals surface area (Å²) in [7, 11) is 0. The summed E-state index contributed by atoms with van der Waals surface area (Å²) < 4.78 is 9.56. The van der Waals surface area contributed by atoms with E-state index in [1.165, 1.54) is 0 Å². The molecule has 0 saturated carbocycles. The van der Waals surface area contributed by atoms with E-state index in [0.717, 1.165) is 11.6 Å². The number of rotatable bonds is 7. The summed E-state index contributed by atoms with van der Waals surface area (Å²) >= 11 is 0. The Labute approximate surface area is 124 Å². The van der Waals surface area contributed by atoms with E-state index in [-0.39, 0.29) is 13.2 Å². The minimum absolute atomic E-state index is 0.0932. The monoisotopic (exact) mass is 290 g/mol. The van der Waals surface area contributed by atoms with Crippen LogP contribution >= 0.6 is 0 Å². The van der Waals surface area contributed by atoms with Gasteiger partial charge in [0.2, 0.25) is 6.11 Å². The highest BCUT2D eigenvalue weighted by atomic mass is 17.2. The van der Waals surface area contributed by atoms with E-state index in [1.807, 2.05) is 44.2 Å². The highest BCUT2D eigenvalue weighted by Gasteiger charge is 2.22. The van der Waals surface area contributed by atoms with Gasteiger partial charge in [0.15, 0.2) is 6.11 Å². The van der Waals surface area contributed by atoms with Crippen molar-refractivity contribution in [2.24, 2.45) is 0 Å². The standard InChI is InChI=1S/C16H18O5/c1-4-15(17)19-12-10-18-11-13-20-21-16(2,3)14-8-6-5-7-9-14/h4-9H,1,10,12H2,2-3H3. The molecule has 0 amide bonds. The SMILES string of the molecule is C=CC(=O)OCCOC#COOC(C)(C)c1ccccc1. The summed E-state index contributed by atoms with van der Waals surface area (Å²) in [5, 5.41) is 0. The lowest BCUT2D eigenvalue weighted by molar-refractivity contribution is -0.311. The van der Waals surface area contributed by atoms with Gasteiger partial charge in [0.05, 0.1) is 0 Å². The molecule has 5 heteroatoms. The number of carbonyl (C=O) groups excluding carboxylic acids is 1. The molecule has 0 atom stereocenters. The van der Waals surface area contributed by atoms with E-state index in [1.54, 1.807) is 0 Å². The van der Waals surface area contributed by atoms with Crippen LogP contribution in [0.5, 0.6) is 0 Å².